The average molecular weight is 343 g/mol. The highest BCUT2D eigenvalue weighted by Gasteiger charge is 2.09. The van der Waals surface area contributed by atoms with Crippen LogP contribution >= 0.6 is 27.5 Å². The van der Waals surface area contributed by atoms with E-state index in [1.54, 1.807) is 0 Å². The van der Waals surface area contributed by atoms with Gasteiger partial charge in [0.2, 0.25) is 0 Å². The predicted molar refractivity (Wildman–Crippen MR) is 77.4 cm³/mol. The van der Waals surface area contributed by atoms with Crippen molar-refractivity contribution in [3.63, 3.8) is 0 Å². The van der Waals surface area contributed by atoms with E-state index in [2.05, 4.69) is 26.2 Å². The van der Waals surface area contributed by atoms with Crippen LogP contribution in [-0.4, -0.2) is 9.91 Å². The minimum Gasteiger partial charge on any atom is -0.366 e. The Kier molecular flexibility index (Phi) is 4.34. The van der Waals surface area contributed by atoms with Crippen LogP contribution in [0, 0.1) is 10.1 Å². The summed E-state index contributed by atoms with van der Waals surface area (Å²) in [6, 6.07) is 10.3. The maximum atomic E-state index is 10.7. The molecule has 0 unspecified atom stereocenters. The lowest BCUT2D eigenvalue weighted by atomic mass is 10.2. The van der Waals surface area contributed by atoms with Gasteiger partial charge in [-0.25, -0.2) is 4.98 Å². The number of aromatic nitrogens is 1. The summed E-state index contributed by atoms with van der Waals surface area (Å²) >= 11 is 9.09. The van der Waals surface area contributed by atoms with Gasteiger partial charge < -0.3 is 5.32 Å². The van der Waals surface area contributed by atoms with Crippen molar-refractivity contribution in [2.45, 2.75) is 6.54 Å². The van der Waals surface area contributed by atoms with Gasteiger partial charge in [0.1, 0.15) is 11.0 Å². The van der Waals surface area contributed by atoms with Crippen LogP contribution in [0.4, 0.5) is 11.5 Å². The highest BCUT2D eigenvalue weighted by atomic mass is 79.9. The minimum atomic E-state index is -0.502. The summed E-state index contributed by atoms with van der Waals surface area (Å²) in [6.45, 7) is 0.512. The molecule has 1 N–H and O–H groups in total. The van der Waals surface area contributed by atoms with Crippen molar-refractivity contribution in [2.75, 3.05) is 5.32 Å². The Labute approximate surface area is 122 Å². The Balaban J connectivity index is 2.11. The summed E-state index contributed by atoms with van der Waals surface area (Å²) in [4.78, 5) is 14.2. The molecule has 7 heteroatoms. The molecule has 0 saturated carbocycles. The van der Waals surface area contributed by atoms with E-state index in [4.69, 9.17) is 11.6 Å². The molecule has 5 nitrogen and oxygen atoms in total. The van der Waals surface area contributed by atoms with Crippen molar-refractivity contribution in [3.8, 4) is 0 Å². The number of halogens is 2. The molecule has 0 aliphatic heterocycles. The zero-order valence-corrected chi connectivity index (χ0v) is 12.0. The molecular weight excluding hydrogens is 334 g/mol. The smallest absolute Gasteiger partial charge is 0.276 e. The normalized spacial score (nSPS) is 10.2. The van der Waals surface area contributed by atoms with Crippen LogP contribution in [0.3, 0.4) is 0 Å². The van der Waals surface area contributed by atoms with E-state index >= 15 is 0 Å². The number of hydrogen-bond acceptors (Lipinski definition) is 4. The Morgan fingerprint density at radius 3 is 2.63 bits per heavy atom. The Hall–Kier alpha value is -1.66. The van der Waals surface area contributed by atoms with Crippen molar-refractivity contribution >= 4 is 39.0 Å². The fraction of sp³-hybridized carbons (Fsp3) is 0.0833. The molecule has 0 fully saturated rings. The molecule has 1 aromatic heterocycles. The maximum absolute atomic E-state index is 10.7. The third kappa shape index (κ3) is 3.90. The quantitative estimate of drug-likeness (QED) is 0.518. The summed E-state index contributed by atoms with van der Waals surface area (Å²) in [6.07, 6.45) is 0. The first-order valence-corrected chi connectivity index (χ1v) is 6.52. The highest BCUT2D eigenvalue weighted by molar-refractivity contribution is 9.10. The Morgan fingerprint density at radius 2 is 2.00 bits per heavy atom. The number of nitrogens with zero attached hydrogens (tertiary/aromatic N) is 2. The first-order valence-electron chi connectivity index (χ1n) is 5.35. The first-order chi connectivity index (χ1) is 9.04. The molecule has 0 amide bonds. The van der Waals surface area contributed by atoms with Crippen LogP contribution in [0.2, 0.25) is 5.15 Å². The van der Waals surface area contributed by atoms with Crippen LogP contribution in [-0.2, 0) is 6.54 Å². The predicted octanol–water partition coefficient (Wildman–Crippen LogP) is 4.02. The second-order valence-electron chi connectivity index (χ2n) is 3.77. The number of nitrogens with one attached hydrogen (secondary N) is 1. The fourth-order valence-electron chi connectivity index (χ4n) is 1.47. The summed E-state index contributed by atoms with van der Waals surface area (Å²) in [5, 5.41) is 13.8. The van der Waals surface area contributed by atoms with E-state index in [1.165, 1.54) is 12.1 Å². The number of pyridine rings is 1. The molecule has 0 bridgehead atoms. The second kappa shape index (κ2) is 5.99. The number of anilines is 1. The maximum Gasteiger partial charge on any atom is 0.276 e. The van der Waals surface area contributed by atoms with Gasteiger partial charge in [0, 0.05) is 11.0 Å². The zero-order chi connectivity index (χ0) is 13.8. The lowest BCUT2D eigenvalue weighted by Gasteiger charge is -2.06. The molecular formula is C12H9BrClN3O2. The second-order valence-corrected chi connectivity index (χ2v) is 5.07. The first kappa shape index (κ1) is 13.8. The van der Waals surface area contributed by atoms with Gasteiger partial charge in [-0.2, -0.15) is 0 Å². The minimum absolute atomic E-state index is 0.0849. The van der Waals surface area contributed by atoms with E-state index in [9.17, 15) is 10.1 Å². The SMILES string of the molecule is O=[N+]([O-])c1cc(Cl)nc(NCc2ccc(Br)cc2)c1. The monoisotopic (exact) mass is 341 g/mol. The van der Waals surface area contributed by atoms with Crippen molar-refractivity contribution in [2.24, 2.45) is 0 Å². The molecule has 1 heterocycles. The Morgan fingerprint density at radius 1 is 1.32 bits per heavy atom. The number of nitro groups is 1. The molecule has 0 atom stereocenters. The molecule has 0 aliphatic rings. The molecule has 2 aromatic rings. The molecule has 1 aromatic carbocycles. The van der Waals surface area contributed by atoms with Gasteiger partial charge in [-0.05, 0) is 17.7 Å². The van der Waals surface area contributed by atoms with E-state index in [1.807, 2.05) is 24.3 Å². The zero-order valence-electron chi connectivity index (χ0n) is 9.64. The van der Waals surface area contributed by atoms with Crippen LogP contribution < -0.4 is 5.32 Å². The van der Waals surface area contributed by atoms with E-state index in [0.29, 0.717) is 12.4 Å². The third-order valence-electron chi connectivity index (χ3n) is 2.38. The lowest BCUT2D eigenvalue weighted by molar-refractivity contribution is -0.384. The van der Waals surface area contributed by atoms with Crippen LogP contribution in [0.25, 0.3) is 0 Å². The van der Waals surface area contributed by atoms with Gasteiger partial charge in [0.25, 0.3) is 5.69 Å². The summed E-state index contributed by atoms with van der Waals surface area (Å²) in [7, 11) is 0. The van der Waals surface area contributed by atoms with Gasteiger partial charge in [-0.15, -0.1) is 0 Å². The van der Waals surface area contributed by atoms with Crippen molar-refractivity contribution in [1.29, 1.82) is 0 Å². The average Bonchev–Trinajstić information content (AvgIpc) is 2.37. The molecule has 98 valence electrons. The fourth-order valence-corrected chi connectivity index (χ4v) is 1.94. The highest BCUT2D eigenvalue weighted by Crippen LogP contribution is 2.21. The molecule has 0 spiro atoms. The summed E-state index contributed by atoms with van der Waals surface area (Å²) < 4.78 is 0.993. The molecule has 2 rings (SSSR count). The number of rotatable bonds is 4. The van der Waals surface area contributed by atoms with Gasteiger partial charge in [-0.1, -0.05) is 39.7 Å². The summed E-state index contributed by atoms with van der Waals surface area (Å²) in [5.74, 6) is 0.377. The van der Waals surface area contributed by atoms with Crippen molar-refractivity contribution in [1.82, 2.24) is 4.98 Å². The molecule has 19 heavy (non-hydrogen) atoms. The summed E-state index contributed by atoms with van der Waals surface area (Å²) in [5.41, 5.74) is 0.950. The number of hydrogen-bond donors (Lipinski definition) is 1. The topological polar surface area (TPSA) is 68.1 Å². The molecule has 0 saturated heterocycles. The van der Waals surface area contributed by atoms with E-state index in [-0.39, 0.29) is 10.8 Å². The van der Waals surface area contributed by atoms with Crippen molar-refractivity contribution < 1.29 is 4.92 Å². The van der Waals surface area contributed by atoms with Gasteiger partial charge >= 0.3 is 0 Å². The largest absolute Gasteiger partial charge is 0.366 e. The van der Waals surface area contributed by atoms with Gasteiger partial charge in [0.15, 0.2) is 0 Å². The van der Waals surface area contributed by atoms with Crippen LogP contribution in [0.1, 0.15) is 5.56 Å². The van der Waals surface area contributed by atoms with Crippen molar-refractivity contribution in [3.05, 3.63) is 61.7 Å². The molecule has 0 radical (unpaired) electrons. The van der Waals surface area contributed by atoms with Gasteiger partial charge in [0.05, 0.1) is 17.1 Å². The standard InChI is InChI=1S/C12H9BrClN3O2/c13-9-3-1-8(2-4-9)7-15-12-6-10(17(18)19)5-11(14)16-12/h1-6H,7H2,(H,15,16). The number of benzene rings is 1. The van der Waals surface area contributed by atoms with Crippen LogP contribution in [0.15, 0.2) is 40.9 Å². The molecule has 0 aliphatic carbocycles. The van der Waals surface area contributed by atoms with Crippen LogP contribution in [0.5, 0.6) is 0 Å². The third-order valence-corrected chi connectivity index (χ3v) is 3.10. The van der Waals surface area contributed by atoms with E-state index in [0.717, 1.165) is 10.0 Å². The lowest BCUT2D eigenvalue weighted by Crippen LogP contribution is -2.02. The van der Waals surface area contributed by atoms with Gasteiger partial charge in [-0.3, -0.25) is 10.1 Å². The Bertz CT molecular complexity index is 604. The van der Waals surface area contributed by atoms with E-state index < -0.39 is 4.92 Å².